The van der Waals surface area contributed by atoms with Crippen LogP contribution >= 0.6 is 11.6 Å². The zero-order valence-electron chi connectivity index (χ0n) is 13.3. The third kappa shape index (κ3) is 5.09. The first-order valence-corrected chi connectivity index (χ1v) is 8.10. The second-order valence-electron chi connectivity index (χ2n) is 5.37. The number of oxazole rings is 1. The van der Waals surface area contributed by atoms with Gasteiger partial charge in [0.1, 0.15) is 6.04 Å². The standard InChI is InChI=1S/C17H19ClN2O4/c1-2-3-13(17(22)23)20-15(21)8-9-16-19-10-14(24-16)11-4-6-12(18)7-5-11/h4-7,10,13H,2-3,8-9H2,1H3,(H,20,21)(H,22,23). The minimum Gasteiger partial charge on any atom is -0.480 e. The van der Waals surface area contributed by atoms with Crippen molar-refractivity contribution in [1.29, 1.82) is 0 Å². The fourth-order valence-corrected chi connectivity index (χ4v) is 2.33. The number of aryl methyl sites for hydroxylation is 1. The van der Waals surface area contributed by atoms with E-state index in [0.717, 1.165) is 5.56 Å². The summed E-state index contributed by atoms with van der Waals surface area (Å²) in [4.78, 5) is 27.0. The summed E-state index contributed by atoms with van der Waals surface area (Å²) in [7, 11) is 0. The van der Waals surface area contributed by atoms with Gasteiger partial charge in [-0.3, -0.25) is 4.79 Å². The Bertz CT molecular complexity index is 697. The number of hydrogen-bond acceptors (Lipinski definition) is 4. The molecule has 1 unspecified atom stereocenters. The van der Waals surface area contributed by atoms with Crippen molar-refractivity contribution in [3.05, 3.63) is 41.4 Å². The summed E-state index contributed by atoms with van der Waals surface area (Å²) < 4.78 is 5.61. The molecule has 0 radical (unpaired) electrons. The molecule has 0 spiro atoms. The van der Waals surface area contributed by atoms with Crippen LogP contribution in [0.3, 0.4) is 0 Å². The number of nitrogens with one attached hydrogen (secondary N) is 1. The number of aromatic nitrogens is 1. The first kappa shape index (κ1) is 18.0. The first-order chi connectivity index (χ1) is 11.5. The van der Waals surface area contributed by atoms with Gasteiger partial charge in [0, 0.05) is 23.4 Å². The van der Waals surface area contributed by atoms with Gasteiger partial charge in [-0.25, -0.2) is 9.78 Å². The van der Waals surface area contributed by atoms with Crippen molar-refractivity contribution >= 4 is 23.5 Å². The topological polar surface area (TPSA) is 92.4 Å². The number of hydrogen-bond donors (Lipinski definition) is 2. The van der Waals surface area contributed by atoms with Crippen molar-refractivity contribution < 1.29 is 19.1 Å². The van der Waals surface area contributed by atoms with Crippen LogP contribution in [0.2, 0.25) is 5.02 Å². The molecule has 1 aromatic carbocycles. The average molecular weight is 351 g/mol. The molecule has 0 saturated heterocycles. The van der Waals surface area contributed by atoms with Gasteiger partial charge in [-0.1, -0.05) is 24.9 Å². The molecule has 1 aromatic heterocycles. The number of aliphatic carboxylic acids is 1. The number of carboxylic acids is 1. The molecular formula is C17H19ClN2O4. The lowest BCUT2D eigenvalue weighted by Crippen LogP contribution is -2.40. The average Bonchev–Trinajstić information content (AvgIpc) is 3.02. The Hall–Kier alpha value is -2.34. The van der Waals surface area contributed by atoms with Gasteiger partial charge in [0.25, 0.3) is 0 Å². The van der Waals surface area contributed by atoms with Gasteiger partial charge in [0.2, 0.25) is 5.91 Å². The Balaban J connectivity index is 1.89. The number of carbonyl (C=O) groups excluding carboxylic acids is 1. The minimum absolute atomic E-state index is 0.119. The molecule has 6 nitrogen and oxygen atoms in total. The van der Waals surface area contributed by atoms with Crippen LogP contribution in [0.15, 0.2) is 34.9 Å². The quantitative estimate of drug-likeness (QED) is 0.762. The highest BCUT2D eigenvalue weighted by molar-refractivity contribution is 6.30. The van der Waals surface area contributed by atoms with Crippen molar-refractivity contribution in [2.24, 2.45) is 0 Å². The lowest BCUT2D eigenvalue weighted by atomic mass is 10.1. The predicted molar refractivity (Wildman–Crippen MR) is 89.7 cm³/mol. The lowest BCUT2D eigenvalue weighted by molar-refractivity contribution is -0.142. The van der Waals surface area contributed by atoms with Crippen LogP contribution in [-0.4, -0.2) is 28.0 Å². The van der Waals surface area contributed by atoms with E-state index in [1.807, 2.05) is 19.1 Å². The number of carboxylic acid groups (broad SMARTS) is 1. The summed E-state index contributed by atoms with van der Waals surface area (Å²) in [6.07, 6.45) is 3.10. The van der Waals surface area contributed by atoms with Crippen LogP contribution in [0.4, 0.5) is 0 Å². The SMILES string of the molecule is CCCC(NC(=O)CCc1ncc(-c2ccc(Cl)cc2)o1)C(=O)O. The van der Waals surface area contributed by atoms with E-state index in [1.165, 1.54) is 0 Å². The Morgan fingerprint density at radius 2 is 2.04 bits per heavy atom. The molecule has 2 N–H and O–H groups in total. The monoisotopic (exact) mass is 350 g/mol. The largest absolute Gasteiger partial charge is 0.480 e. The first-order valence-electron chi connectivity index (χ1n) is 7.72. The van der Waals surface area contributed by atoms with Crippen molar-refractivity contribution in [1.82, 2.24) is 10.3 Å². The molecule has 1 amide bonds. The van der Waals surface area contributed by atoms with E-state index in [4.69, 9.17) is 21.1 Å². The highest BCUT2D eigenvalue weighted by Gasteiger charge is 2.19. The molecule has 1 atom stereocenters. The lowest BCUT2D eigenvalue weighted by Gasteiger charge is -2.12. The Morgan fingerprint density at radius 1 is 1.33 bits per heavy atom. The second-order valence-corrected chi connectivity index (χ2v) is 5.81. The highest BCUT2D eigenvalue weighted by Crippen LogP contribution is 2.22. The van der Waals surface area contributed by atoms with Gasteiger partial charge in [0.05, 0.1) is 6.20 Å². The molecule has 7 heteroatoms. The minimum atomic E-state index is -1.02. The van der Waals surface area contributed by atoms with Gasteiger partial charge in [-0.15, -0.1) is 0 Å². The van der Waals surface area contributed by atoms with E-state index in [2.05, 4.69) is 10.3 Å². The summed E-state index contributed by atoms with van der Waals surface area (Å²) >= 11 is 5.84. The number of rotatable bonds is 8. The van der Waals surface area contributed by atoms with Crippen molar-refractivity contribution in [2.75, 3.05) is 0 Å². The second kappa shape index (κ2) is 8.49. The molecule has 2 aromatic rings. The van der Waals surface area contributed by atoms with E-state index in [-0.39, 0.29) is 12.3 Å². The van der Waals surface area contributed by atoms with Crippen molar-refractivity contribution in [3.8, 4) is 11.3 Å². The molecule has 128 valence electrons. The maximum absolute atomic E-state index is 11.9. The van der Waals surface area contributed by atoms with Crippen LogP contribution < -0.4 is 5.32 Å². The van der Waals surface area contributed by atoms with Crippen LogP contribution in [0.1, 0.15) is 32.1 Å². The smallest absolute Gasteiger partial charge is 0.326 e. The fraction of sp³-hybridized carbons (Fsp3) is 0.353. The Labute approximate surface area is 144 Å². The molecule has 1 heterocycles. The maximum Gasteiger partial charge on any atom is 0.326 e. The molecule has 0 saturated carbocycles. The molecule has 0 fully saturated rings. The van der Waals surface area contributed by atoms with Gasteiger partial charge < -0.3 is 14.8 Å². The Kier molecular flexibility index (Phi) is 6.37. The van der Waals surface area contributed by atoms with Gasteiger partial charge in [-0.05, 0) is 30.7 Å². The summed E-state index contributed by atoms with van der Waals surface area (Å²) in [5.74, 6) is -0.331. The van der Waals surface area contributed by atoms with Gasteiger partial charge in [-0.2, -0.15) is 0 Å². The van der Waals surface area contributed by atoms with Crippen LogP contribution in [0.25, 0.3) is 11.3 Å². The number of nitrogens with zero attached hydrogens (tertiary/aromatic N) is 1. The molecular weight excluding hydrogens is 332 g/mol. The van der Waals surface area contributed by atoms with Crippen molar-refractivity contribution in [2.45, 2.75) is 38.6 Å². The molecule has 0 aliphatic heterocycles. The van der Waals surface area contributed by atoms with Crippen LogP contribution in [0.5, 0.6) is 0 Å². The third-order valence-electron chi connectivity index (χ3n) is 3.46. The van der Waals surface area contributed by atoms with E-state index in [1.54, 1.807) is 18.3 Å². The molecule has 0 bridgehead atoms. The van der Waals surface area contributed by atoms with E-state index >= 15 is 0 Å². The molecule has 2 rings (SSSR count). The predicted octanol–water partition coefficient (Wildman–Crippen LogP) is 3.30. The van der Waals surface area contributed by atoms with Crippen LogP contribution in [0, 0.1) is 0 Å². The summed E-state index contributed by atoms with van der Waals surface area (Å²) in [6.45, 7) is 1.87. The highest BCUT2D eigenvalue weighted by atomic mass is 35.5. The molecule has 0 aliphatic rings. The van der Waals surface area contributed by atoms with E-state index < -0.39 is 12.0 Å². The third-order valence-corrected chi connectivity index (χ3v) is 3.71. The number of carbonyl (C=O) groups is 2. The van der Waals surface area contributed by atoms with Crippen LogP contribution in [-0.2, 0) is 16.0 Å². The normalized spacial score (nSPS) is 11.9. The molecule has 24 heavy (non-hydrogen) atoms. The number of amides is 1. The fourth-order valence-electron chi connectivity index (χ4n) is 2.21. The number of benzene rings is 1. The van der Waals surface area contributed by atoms with Gasteiger partial charge in [0.15, 0.2) is 11.7 Å². The maximum atomic E-state index is 11.9. The van der Waals surface area contributed by atoms with Gasteiger partial charge >= 0.3 is 5.97 Å². The van der Waals surface area contributed by atoms with Crippen molar-refractivity contribution in [3.63, 3.8) is 0 Å². The summed E-state index contributed by atoms with van der Waals surface area (Å²) in [5, 5.41) is 12.2. The number of halogens is 1. The zero-order chi connectivity index (χ0) is 17.5. The summed E-state index contributed by atoms with van der Waals surface area (Å²) in [5.41, 5.74) is 0.844. The van der Waals surface area contributed by atoms with E-state index in [9.17, 15) is 9.59 Å². The van der Waals surface area contributed by atoms with E-state index in [0.29, 0.717) is 35.9 Å². The summed E-state index contributed by atoms with van der Waals surface area (Å²) in [6, 6.07) is 6.30. The molecule has 0 aliphatic carbocycles. The Morgan fingerprint density at radius 3 is 2.67 bits per heavy atom. The zero-order valence-corrected chi connectivity index (χ0v) is 14.0.